The minimum Gasteiger partial charge on any atom is -0.342 e. The van der Waals surface area contributed by atoms with Crippen LogP contribution in [-0.4, -0.2) is 23.1 Å². The Balaban J connectivity index is 1.79. The molecule has 3 rings (SSSR count). The van der Waals surface area contributed by atoms with Crippen LogP contribution in [0.4, 0.5) is 10.3 Å². The number of nitrogens with two attached hydrogens (primary N) is 1. The molecule has 0 saturated carbocycles. The van der Waals surface area contributed by atoms with Gasteiger partial charge in [-0.15, -0.1) is 0 Å². The SMILES string of the molecule is N[C@H](Cc1cc(=O)[nH]c(N2CCCC2)n1)c1ccc(F)cc1. The number of aromatic amines is 1. The van der Waals surface area contributed by atoms with Crippen molar-refractivity contribution in [3.05, 3.63) is 57.8 Å². The summed E-state index contributed by atoms with van der Waals surface area (Å²) in [5.41, 5.74) is 7.45. The Morgan fingerprint density at radius 3 is 2.64 bits per heavy atom. The lowest BCUT2D eigenvalue weighted by atomic mass is 10.0. The third-order valence-corrected chi connectivity index (χ3v) is 3.92. The summed E-state index contributed by atoms with van der Waals surface area (Å²) in [6.45, 7) is 1.83. The molecule has 1 atom stereocenters. The van der Waals surface area contributed by atoms with E-state index in [1.54, 1.807) is 12.1 Å². The molecule has 1 aliphatic rings. The molecule has 0 aliphatic carbocycles. The second-order valence-electron chi connectivity index (χ2n) is 5.62. The molecule has 0 unspecified atom stereocenters. The van der Waals surface area contributed by atoms with Gasteiger partial charge < -0.3 is 10.6 Å². The van der Waals surface area contributed by atoms with Gasteiger partial charge in [0, 0.05) is 31.6 Å². The van der Waals surface area contributed by atoms with Gasteiger partial charge in [0.1, 0.15) is 5.82 Å². The van der Waals surface area contributed by atoms with Crippen LogP contribution in [0, 0.1) is 5.82 Å². The Labute approximate surface area is 128 Å². The van der Waals surface area contributed by atoms with Crippen molar-refractivity contribution in [1.29, 1.82) is 0 Å². The van der Waals surface area contributed by atoms with Gasteiger partial charge in [-0.3, -0.25) is 9.78 Å². The van der Waals surface area contributed by atoms with Gasteiger partial charge in [-0.2, -0.15) is 0 Å². The number of nitrogens with one attached hydrogen (secondary N) is 1. The summed E-state index contributed by atoms with van der Waals surface area (Å²) in [5, 5.41) is 0. The third-order valence-electron chi connectivity index (χ3n) is 3.92. The van der Waals surface area contributed by atoms with Gasteiger partial charge >= 0.3 is 0 Å². The molecular weight excluding hydrogens is 283 g/mol. The number of benzene rings is 1. The normalized spacial score (nSPS) is 16.0. The lowest BCUT2D eigenvalue weighted by Gasteiger charge is -2.17. The summed E-state index contributed by atoms with van der Waals surface area (Å²) in [4.78, 5) is 21.2. The van der Waals surface area contributed by atoms with Crippen LogP contribution >= 0.6 is 0 Å². The predicted molar refractivity (Wildman–Crippen MR) is 83.3 cm³/mol. The van der Waals surface area contributed by atoms with Crippen LogP contribution in [0.1, 0.15) is 30.1 Å². The van der Waals surface area contributed by atoms with Gasteiger partial charge in [0.15, 0.2) is 0 Å². The fourth-order valence-corrected chi connectivity index (χ4v) is 2.73. The van der Waals surface area contributed by atoms with Crippen LogP contribution in [-0.2, 0) is 6.42 Å². The maximum atomic E-state index is 13.0. The highest BCUT2D eigenvalue weighted by molar-refractivity contribution is 5.32. The Kier molecular flexibility index (Phi) is 4.20. The lowest BCUT2D eigenvalue weighted by molar-refractivity contribution is 0.624. The molecule has 22 heavy (non-hydrogen) atoms. The van der Waals surface area contributed by atoms with Gasteiger partial charge in [0.25, 0.3) is 5.56 Å². The monoisotopic (exact) mass is 302 g/mol. The molecule has 1 aromatic heterocycles. The van der Waals surface area contributed by atoms with E-state index in [0.29, 0.717) is 18.1 Å². The van der Waals surface area contributed by atoms with Gasteiger partial charge in [-0.05, 0) is 30.5 Å². The molecule has 2 aromatic rings. The molecule has 1 fully saturated rings. The second-order valence-corrected chi connectivity index (χ2v) is 5.62. The highest BCUT2D eigenvalue weighted by Crippen LogP contribution is 2.18. The molecular formula is C16H19FN4O. The molecule has 3 N–H and O–H groups in total. The van der Waals surface area contributed by atoms with Crippen LogP contribution in [0.5, 0.6) is 0 Å². The summed E-state index contributed by atoms with van der Waals surface area (Å²) < 4.78 is 13.0. The molecule has 5 nitrogen and oxygen atoms in total. The molecule has 1 saturated heterocycles. The van der Waals surface area contributed by atoms with E-state index < -0.39 is 0 Å². The smallest absolute Gasteiger partial charge is 0.252 e. The molecule has 1 aromatic carbocycles. The zero-order valence-corrected chi connectivity index (χ0v) is 12.3. The van der Waals surface area contributed by atoms with Crippen molar-refractivity contribution in [2.24, 2.45) is 5.73 Å². The van der Waals surface area contributed by atoms with Crippen molar-refractivity contribution >= 4 is 5.95 Å². The largest absolute Gasteiger partial charge is 0.342 e. The molecule has 1 aliphatic heterocycles. The molecule has 116 valence electrons. The van der Waals surface area contributed by atoms with E-state index in [1.807, 2.05) is 0 Å². The van der Waals surface area contributed by atoms with Crippen molar-refractivity contribution in [2.45, 2.75) is 25.3 Å². The molecule has 0 spiro atoms. The van der Waals surface area contributed by atoms with Crippen LogP contribution in [0.15, 0.2) is 35.1 Å². The first-order valence-corrected chi connectivity index (χ1v) is 7.48. The van der Waals surface area contributed by atoms with E-state index in [4.69, 9.17) is 5.73 Å². The zero-order valence-electron chi connectivity index (χ0n) is 12.3. The Morgan fingerprint density at radius 2 is 1.95 bits per heavy atom. The Morgan fingerprint density at radius 1 is 1.27 bits per heavy atom. The number of hydrogen-bond acceptors (Lipinski definition) is 4. The van der Waals surface area contributed by atoms with Crippen molar-refractivity contribution in [1.82, 2.24) is 9.97 Å². The summed E-state index contributed by atoms with van der Waals surface area (Å²) >= 11 is 0. The topological polar surface area (TPSA) is 75.0 Å². The first kappa shape index (κ1) is 14.7. The van der Waals surface area contributed by atoms with E-state index in [0.717, 1.165) is 31.5 Å². The van der Waals surface area contributed by atoms with Crippen molar-refractivity contribution < 1.29 is 4.39 Å². The fraction of sp³-hybridized carbons (Fsp3) is 0.375. The van der Waals surface area contributed by atoms with E-state index >= 15 is 0 Å². The van der Waals surface area contributed by atoms with Gasteiger partial charge in [0.2, 0.25) is 5.95 Å². The maximum absolute atomic E-state index is 13.0. The highest BCUT2D eigenvalue weighted by Gasteiger charge is 2.16. The number of hydrogen-bond donors (Lipinski definition) is 2. The number of anilines is 1. The van der Waals surface area contributed by atoms with Crippen LogP contribution < -0.4 is 16.2 Å². The lowest BCUT2D eigenvalue weighted by Crippen LogP contribution is -2.25. The van der Waals surface area contributed by atoms with E-state index in [9.17, 15) is 9.18 Å². The number of H-pyrrole nitrogens is 1. The van der Waals surface area contributed by atoms with Crippen molar-refractivity contribution in [3.63, 3.8) is 0 Å². The summed E-state index contributed by atoms with van der Waals surface area (Å²) in [6.07, 6.45) is 2.67. The molecule has 6 heteroatoms. The quantitative estimate of drug-likeness (QED) is 0.902. The average molecular weight is 302 g/mol. The van der Waals surface area contributed by atoms with E-state index in [1.165, 1.54) is 18.2 Å². The summed E-state index contributed by atoms with van der Waals surface area (Å²) in [6, 6.07) is 7.25. The molecule has 0 amide bonds. The Hall–Kier alpha value is -2.21. The Bertz CT molecular complexity index is 692. The minimum absolute atomic E-state index is 0.168. The summed E-state index contributed by atoms with van der Waals surface area (Å²) in [7, 11) is 0. The predicted octanol–water partition coefficient (Wildman–Crippen LogP) is 1.75. The van der Waals surface area contributed by atoms with Crippen LogP contribution in [0.3, 0.4) is 0 Å². The molecule has 0 radical (unpaired) electrons. The van der Waals surface area contributed by atoms with Gasteiger partial charge in [-0.25, -0.2) is 9.37 Å². The number of halogens is 1. The van der Waals surface area contributed by atoms with E-state index in [-0.39, 0.29) is 17.4 Å². The standard InChI is InChI=1S/C16H19FN4O/c17-12-5-3-11(4-6-12)14(18)9-13-10-15(22)20-16(19-13)21-7-1-2-8-21/h3-6,10,14H,1-2,7-9,18H2,(H,19,20,22)/t14-/m1/s1. The van der Waals surface area contributed by atoms with Crippen LogP contribution in [0.25, 0.3) is 0 Å². The number of nitrogens with zero attached hydrogens (tertiary/aromatic N) is 2. The van der Waals surface area contributed by atoms with Gasteiger partial charge in [-0.1, -0.05) is 12.1 Å². The number of rotatable bonds is 4. The van der Waals surface area contributed by atoms with Crippen molar-refractivity contribution in [2.75, 3.05) is 18.0 Å². The maximum Gasteiger partial charge on any atom is 0.252 e. The summed E-state index contributed by atoms with van der Waals surface area (Å²) in [5.74, 6) is 0.327. The average Bonchev–Trinajstić information content (AvgIpc) is 3.01. The van der Waals surface area contributed by atoms with Crippen LogP contribution in [0.2, 0.25) is 0 Å². The van der Waals surface area contributed by atoms with Gasteiger partial charge in [0.05, 0.1) is 5.69 Å². The van der Waals surface area contributed by atoms with Crippen molar-refractivity contribution in [3.8, 4) is 0 Å². The molecule has 0 bridgehead atoms. The fourth-order valence-electron chi connectivity index (χ4n) is 2.73. The number of aromatic nitrogens is 2. The van der Waals surface area contributed by atoms with E-state index in [2.05, 4.69) is 14.9 Å². The minimum atomic E-state index is -0.318. The highest BCUT2D eigenvalue weighted by atomic mass is 19.1. The first-order valence-electron chi connectivity index (χ1n) is 7.48. The first-order chi connectivity index (χ1) is 10.6. The zero-order chi connectivity index (χ0) is 15.5. The molecule has 2 heterocycles. The second kappa shape index (κ2) is 6.27. The third kappa shape index (κ3) is 3.33.